The molecule has 3 heteroatoms. The highest BCUT2D eigenvalue weighted by molar-refractivity contribution is 5.65. The molecule has 114 valence electrons. The fourth-order valence-corrected chi connectivity index (χ4v) is 2.43. The van der Waals surface area contributed by atoms with Crippen molar-refractivity contribution >= 4 is 0 Å². The number of aromatic nitrogens is 1. The zero-order valence-electron chi connectivity index (χ0n) is 13.7. The minimum Gasteiger partial charge on any atom is -0.443 e. The van der Waals surface area contributed by atoms with E-state index in [1.807, 2.05) is 0 Å². The van der Waals surface area contributed by atoms with E-state index in [1.54, 1.807) is 6.39 Å². The van der Waals surface area contributed by atoms with Crippen LogP contribution in [0.2, 0.25) is 0 Å². The fourth-order valence-electron chi connectivity index (χ4n) is 2.43. The molecule has 1 aromatic carbocycles. The smallest absolute Gasteiger partial charge is 0.181 e. The molecule has 3 nitrogen and oxygen atoms in total. The second-order valence-electron chi connectivity index (χ2n) is 6.95. The van der Waals surface area contributed by atoms with Gasteiger partial charge in [0, 0.05) is 12.1 Å². The first-order valence-electron chi connectivity index (χ1n) is 7.62. The number of hydrogen-bond acceptors (Lipinski definition) is 3. The molecule has 1 heterocycles. The lowest BCUT2D eigenvalue weighted by molar-refractivity contribution is 0.542. The van der Waals surface area contributed by atoms with E-state index in [9.17, 15) is 0 Å². The topological polar surface area (TPSA) is 38.1 Å². The van der Waals surface area contributed by atoms with Gasteiger partial charge in [-0.2, -0.15) is 0 Å². The molecule has 0 aliphatic rings. The summed E-state index contributed by atoms with van der Waals surface area (Å²) in [6, 6.07) is 8.42. The number of benzene rings is 1. The first-order chi connectivity index (χ1) is 9.89. The first kappa shape index (κ1) is 15.8. The van der Waals surface area contributed by atoms with Gasteiger partial charge in [-0.1, -0.05) is 58.9 Å². The summed E-state index contributed by atoms with van der Waals surface area (Å²) in [6.07, 6.45) is 1.54. The van der Waals surface area contributed by atoms with Crippen molar-refractivity contribution in [2.75, 3.05) is 6.54 Å². The van der Waals surface area contributed by atoms with Crippen molar-refractivity contribution in [2.45, 2.75) is 46.6 Å². The summed E-state index contributed by atoms with van der Waals surface area (Å²) in [6.45, 7) is 12.8. The second kappa shape index (κ2) is 6.44. The molecular weight excluding hydrogens is 260 g/mol. The van der Waals surface area contributed by atoms with Crippen LogP contribution in [0.5, 0.6) is 0 Å². The molecule has 0 aliphatic carbocycles. The predicted molar refractivity (Wildman–Crippen MR) is 87.2 cm³/mol. The van der Waals surface area contributed by atoms with Crippen LogP contribution in [0.1, 0.15) is 45.9 Å². The minimum absolute atomic E-state index is 0.0754. The van der Waals surface area contributed by atoms with Crippen LogP contribution >= 0.6 is 0 Å². The molecule has 0 atom stereocenters. The third kappa shape index (κ3) is 3.94. The third-order valence-electron chi connectivity index (χ3n) is 3.47. The minimum atomic E-state index is 0.0754. The lowest BCUT2D eigenvalue weighted by Gasteiger charge is -2.22. The first-order valence-corrected chi connectivity index (χ1v) is 7.62. The maximum atomic E-state index is 5.69. The Morgan fingerprint density at radius 3 is 2.57 bits per heavy atom. The highest BCUT2D eigenvalue weighted by atomic mass is 16.3. The lowest BCUT2D eigenvalue weighted by Crippen LogP contribution is -2.19. The molecule has 0 amide bonds. The maximum Gasteiger partial charge on any atom is 0.181 e. The Morgan fingerprint density at radius 2 is 1.90 bits per heavy atom. The standard InChI is InChI=1S/C18H26N2O/c1-13(2)10-19-11-16-17(21-12-20-16)14-8-6-7-9-15(14)18(3,4)5/h6-9,12-13,19H,10-11H2,1-5H3. The van der Waals surface area contributed by atoms with E-state index in [2.05, 4.69) is 69.2 Å². The highest BCUT2D eigenvalue weighted by Gasteiger charge is 2.21. The fraction of sp³-hybridized carbons (Fsp3) is 0.500. The van der Waals surface area contributed by atoms with Gasteiger partial charge in [-0.15, -0.1) is 0 Å². The van der Waals surface area contributed by atoms with E-state index in [0.29, 0.717) is 5.92 Å². The van der Waals surface area contributed by atoms with Gasteiger partial charge < -0.3 is 9.73 Å². The molecular formula is C18H26N2O. The normalized spacial score (nSPS) is 12.1. The molecule has 1 N–H and O–H groups in total. The van der Waals surface area contributed by atoms with Gasteiger partial charge in [-0.05, 0) is 23.4 Å². The van der Waals surface area contributed by atoms with Crippen LogP contribution in [0, 0.1) is 5.92 Å². The third-order valence-corrected chi connectivity index (χ3v) is 3.47. The molecule has 0 saturated heterocycles. The largest absolute Gasteiger partial charge is 0.443 e. The summed E-state index contributed by atoms with van der Waals surface area (Å²) in [5.74, 6) is 1.51. The molecule has 0 aliphatic heterocycles. The van der Waals surface area contributed by atoms with Gasteiger partial charge in [0.1, 0.15) is 5.69 Å². The van der Waals surface area contributed by atoms with Gasteiger partial charge in [-0.3, -0.25) is 0 Å². The lowest BCUT2D eigenvalue weighted by atomic mass is 9.83. The van der Waals surface area contributed by atoms with Crippen LogP contribution in [0.4, 0.5) is 0 Å². The Labute approximate surface area is 127 Å². The van der Waals surface area contributed by atoms with Crippen LogP contribution in [0.15, 0.2) is 35.1 Å². The Kier molecular flexibility index (Phi) is 4.84. The molecule has 21 heavy (non-hydrogen) atoms. The molecule has 0 unspecified atom stereocenters. The van der Waals surface area contributed by atoms with Gasteiger partial charge in [-0.25, -0.2) is 4.98 Å². The van der Waals surface area contributed by atoms with Crippen molar-refractivity contribution in [3.63, 3.8) is 0 Å². The van der Waals surface area contributed by atoms with Crippen molar-refractivity contribution in [2.24, 2.45) is 5.92 Å². The average Bonchev–Trinajstić information content (AvgIpc) is 2.85. The monoisotopic (exact) mass is 286 g/mol. The predicted octanol–water partition coefficient (Wildman–Crippen LogP) is 4.38. The second-order valence-corrected chi connectivity index (χ2v) is 6.95. The molecule has 0 bridgehead atoms. The van der Waals surface area contributed by atoms with Gasteiger partial charge >= 0.3 is 0 Å². The number of nitrogens with zero attached hydrogens (tertiary/aromatic N) is 1. The molecule has 0 fully saturated rings. The Hall–Kier alpha value is -1.61. The molecule has 0 radical (unpaired) electrons. The SMILES string of the molecule is CC(C)CNCc1ncoc1-c1ccccc1C(C)(C)C. The van der Waals surface area contributed by atoms with Crippen molar-refractivity contribution in [3.8, 4) is 11.3 Å². The maximum absolute atomic E-state index is 5.69. The van der Waals surface area contributed by atoms with E-state index in [-0.39, 0.29) is 5.41 Å². The van der Waals surface area contributed by atoms with Crippen LogP contribution < -0.4 is 5.32 Å². The van der Waals surface area contributed by atoms with Crippen molar-refractivity contribution in [3.05, 3.63) is 41.9 Å². The van der Waals surface area contributed by atoms with E-state index >= 15 is 0 Å². The summed E-state index contributed by atoms with van der Waals surface area (Å²) in [4.78, 5) is 4.38. The molecule has 2 rings (SSSR count). The van der Waals surface area contributed by atoms with Crippen LogP contribution in [0.25, 0.3) is 11.3 Å². The van der Waals surface area contributed by atoms with Crippen molar-refractivity contribution in [1.82, 2.24) is 10.3 Å². The Morgan fingerprint density at radius 1 is 1.19 bits per heavy atom. The van der Waals surface area contributed by atoms with E-state index in [1.165, 1.54) is 5.56 Å². The quantitative estimate of drug-likeness (QED) is 0.886. The zero-order valence-corrected chi connectivity index (χ0v) is 13.7. The van der Waals surface area contributed by atoms with Gasteiger partial charge in [0.15, 0.2) is 12.2 Å². The van der Waals surface area contributed by atoms with Crippen molar-refractivity contribution in [1.29, 1.82) is 0 Å². The molecule has 0 spiro atoms. The van der Waals surface area contributed by atoms with E-state index in [4.69, 9.17) is 4.42 Å². The van der Waals surface area contributed by atoms with E-state index < -0.39 is 0 Å². The highest BCUT2D eigenvalue weighted by Crippen LogP contribution is 2.34. The van der Waals surface area contributed by atoms with Gasteiger partial charge in [0.05, 0.1) is 0 Å². The number of hydrogen-bond donors (Lipinski definition) is 1. The molecule has 0 saturated carbocycles. The van der Waals surface area contributed by atoms with Crippen molar-refractivity contribution < 1.29 is 4.42 Å². The zero-order chi connectivity index (χ0) is 15.5. The van der Waals surface area contributed by atoms with E-state index in [0.717, 1.165) is 30.1 Å². The Bertz CT molecular complexity index is 579. The summed E-state index contributed by atoms with van der Waals surface area (Å²) < 4.78 is 5.69. The van der Waals surface area contributed by atoms with Crippen LogP contribution in [-0.4, -0.2) is 11.5 Å². The summed E-state index contributed by atoms with van der Waals surface area (Å²) in [5, 5.41) is 3.43. The number of nitrogens with one attached hydrogen (secondary N) is 1. The summed E-state index contributed by atoms with van der Waals surface area (Å²) in [5.41, 5.74) is 3.48. The van der Waals surface area contributed by atoms with Crippen LogP contribution in [0.3, 0.4) is 0 Å². The average molecular weight is 286 g/mol. The summed E-state index contributed by atoms with van der Waals surface area (Å²) in [7, 11) is 0. The summed E-state index contributed by atoms with van der Waals surface area (Å²) >= 11 is 0. The molecule has 1 aromatic heterocycles. The number of rotatable bonds is 5. The Balaban J connectivity index is 2.30. The van der Waals surface area contributed by atoms with Crippen LogP contribution in [-0.2, 0) is 12.0 Å². The molecule has 2 aromatic rings. The van der Waals surface area contributed by atoms with Gasteiger partial charge in [0.25, 0.3) is 0 Å². The number of oxazole rings is 1. The van der Waals surface area contributed by atoms with Gasteiger partial charge in [0.2, 0.25) is 0 Å².